The van der Waals surface area contributed by atoms with Crippen LogP contribution in [0.1, 0.15) is 55.1 Å². The molecule has 1 atom stereocenters. The van der Waals surface area contributed by atoms with Crippen molar-refractivity contribution in [1.82, 2.24) is 4.90 Å². The van der Waals surface area contributed by atoms with Gasteiger partial charge in [0.25, 0.3) is 8.32 Å². The first-order chi connectivity index (χ1) is 16.4. The van der Waals surface area contributed by atoms with E-state index in [1.54, 1.807) is 29.2 Å². The van der Waals surface area contributed by atoms with E-state index in [9.17, 15) is 14.8 Å². The molecule has 1 aliphatic heterocycles. The van der Waals surface area contributed by atoms with Crippen molar-refractivity contribution in [3.8, 4) is 5.88 Å². The van der Waals surface area contributed by atoms with Gasteiger partial charge in [-0.1, -0.05) is 32.9 Å². The van der Waals surface area contributed by atoms with Gasteiger partial charge < -0.3 is 24.0 Å². The molecular weight excluding hydrogens is 464 g/mol. The minimum atomic E-state index is -2.26. The van der Waals surface area contributed by atoms with Crippen LogP contribution in [0.2, 0.25) is 18.1 Å². The SMILES string of the molecule is COC(=O)c1ccc(C[C@@H]2CCCN2C(=O)OCc2ccc[n+]([O-])c2O[Si](C)(C)C(C)(C)C)cc1. The zero-order chi connectivity index (χ0) is 25.8. The lowest BCUT2D eigenvalue weighted by Crippen LogP contribution is -2.47. The molecule has 1 aromatic carbocycles. The van der Waals surface area contributed by atoms with Crippen LogP contribution in [-0.4, -0.2) is 45.0 Å². The molecule has 1 aliphatic rings. The third-order valence-corrected chi connectivity index (χ3v) is 11.3. The molecule has 1 aromatic heterocycles. The summed E-state index contributed by atoms with van der Waals surface area (Å²) in [6.07, 6.45) is 3.43. The van der Waals surface area contributed by atoms with Crippen LogP contribution in [0.5, 0.6) is 5.88 Å². The fourth-order valence-electron chi connectivity index (χ4n) is 3.81. The summed E-state index contributed by atoms with van der Waals surface area (Å²) in [5.41, 5.74) is 2.07. The van der Waals surface area contributed by atoms with Crippen molar-refractivity contribution in [1.29, 1.82) is 0 Å². The highest BCUT2D eigenvalue weighted by Crippen LogP contribution is 2.37. The van der Waals surface area contributed by atoms with Gasteiger partial charge in [0.1, 0.15) is 12.2 Å². The smallest absolute Gasteiger partial charge is 0.410 e. The van der Waals surface area contributed by atoms with Crippen molar-refractivity contribution < 1.29 is 28.2 Å². The third-order valence-electron chi connectivity index (χ3n) is 6.96. The predicted molar refractivity (Wildman–Crippen MR) is 135 cm³/mol. The molecule has 0 spiro atoms. The van der Waals surface area contributed by atoms with E-state index in [0.29, 0.717) is 28.8 Å². The number of benzene rings is 1. The highest BCUT2D eigenvalue weighted by Gasteiger charge is 2.41. The van der Waals surface area contributed by atoms with Crippen molar-refractivity contribution in [2.24, 2.45) is 0 Å². The van der Waals surface area contributed by atoms with Crippen molar-refractivity contribution in [3.63, 3.8) is 0 Å². The molecule has 190 valence electrons. The van der Waals surface area contributed by atoms with Crippen molar-refractivity contribution >= 4 is 20.4 Å². The molecule has 0 bridgehead atoms. The molecule has 0 N–H and O–H groups in total. The molecule has 1 saturated heterocycles. The number of pyridine rings is 1. The molecule has 0 saturated carbocycles. The summed E-state index contributed by atoms with van der Waals surface area (Å²) in [5, 5.41) is 12.4. The van der Waals surface area contributed by atoms with Gasteiger partial charge in [-0.15, -0.1) is 4.73 Å². The number of aromatic nitrogens is 1. The average Bonchev–Trinajstić information content (AvgIpc) is 3.26. The van der Waals surface area contributed by atoms with Crippen LogP contribution >= 0.6 is 0 Å². The van der Waals surface area contributed by atoms with Gasteiger partial charge in [-0.3, -0.25) is 0 Å². The number of rotatable bonds is 7. The van der Waals surface area contributed by atoms with Crippen molar-refractivity contribution in [2.45, 2.75) is 70.8 Å². The lowest BCUT2D eigenvalue weighted by molar-refractivity contribution is -0.610. The molecule has 8 nitrogen and oxygen atoms in total. The van der Waals surface area contributed by atoms with Gasteiger partial charge in [0.2, 0.25) is 0 Å². The van der Waals surface area contributed by atoms with Gasteiger partial charge in [-0.2, -0.15) is 0 Å². The molecule has 2 aromatic rings. The minimum Gasteiger partial charge on any atom is -0.616 e. The molecule has 35 heavy (non-hydrogen) atoms. The second kappa shape index (κ2) is 10.7. The van der Waals surface area contributed by atoms with Crippen LogP contribution in [0.3, 0.4) is 0 Å². The molecule has 1 fully saturated rings. The summed E-state index contributed by atoms with van der Waals surface area (Å²) in [6.45, 7) is 11.0. The van der Waals surface area contributed by atoms with Gasteiger partial charge in [0.05, 0.1) is 12.7 Å². The van der Waals surface area contributed by atoms with Crippen LogP contribution in [0.4, 0.5) is 4.79 Å². The van der Waals surface area contributed by atoms with Crippen molar-refractivity contribution in [2.75, 3.05) is 13.7 Å². The number of esters is 1. The fraction of sp³-hybridized carbons (Fsp3) is 0.500. The van der Waals surface area contributed by atoms with Gasteiger partial charge >= 0.3 is 17.9 Å². The Balaban J connectivity index is 1.66. The second-order valence-corrected chi connectivity index (χ2v) is 15.2. The molecular formula is C26H36N2O6Si. The normalized spacial score (nSPS) is 16.2. The number of carbonyl (C=O) groups is 2. The van der Waals surface area contributed by atoms with Crippen LogP contribution in [0.15, 0.2) is 42.6 Å². The van der Waals surface area contributed by atoms with Crippen molar-refractivity contribution in [3.05, 3.63) is 64.5 Å². The summed E-state index contributed by atoms with van der Waals surface area (Å²) in [4.78, 5) is 26.4. The van der Waals surface area contributed by atoms with Gasteiger partial charge in [0, 0.05) is 18.7 Å². The Morgan fingerprint density at radius 2 is 1.86 bits per heavy atom. The summed E-state index contributed by atoms with van der Waals surface area (Å²) in [5.74, 6) is -0.171. The quantitative estimate of drug-likeness (QED) is 0.234. The maximum Gasteiger partial charge on any atom is 0.410 e. The molecule has 0 unspecified atom stereocenters. The van der Waals surface area contributed by atoms with E-state index in [2.05, 4.69) is 33.9 Å². The number of nitrogens with zero attached hydrogens (tertiary/aromatic N) is 2. The van der Waals surface area contributed by atoms with Gasteiger partial charge in [-0.25, -0.2) is 9.59 Å². The number of likely N-dealkylation sites (tertiary alicyclic amines) is 1. The Labute approximate surface area is 208 Å². The number of amides is 1. The van der Waals surface area contributed by atoms with E-state index < -0.39 is 14.4 Å². The van der Waals surface area contributed by atoms with E-state index in [4.69, 9.17) is 13.9 Å². The molecule has 0 aliphatic carbocycles. The van der Waals surface area contributed by atoms with E-state index in [0.717, 1.165) is 18.4 Å². The Hall–Kier alpha value is -3.07. The van der Waals surface area contributed by atoms with E-state index >= 15 is 0 Å². The third kappa shape index (κ3) is 6.33. The monoisotopic (exact) mass is 500 g/mol. The Kier molecular flexibility index (Phi) is 8.10. The zero-order valence-electron chi connectivity index (χ0n) is 21.5. The molecule has 0 radical (unpaired) electrons. The largest absolute Gasteiger partial charge is 0.616 e. The number of carbonyl (C=O) groups excluding carboxylic acids is 2. The summed E-state index contributed by atoms with van der Waals surface area (Å²) in [6, 6.07) is 10.6. The highest BCUT2D eigenvalue weighted by molar-refractivity contribution is 6.74. The van der Waals surface area contributed by atoms with Gasteiger partial charge in [-0.05, 0) is 61.2 Å². The summed E-state index contributed by atoms with van der Waals surface area (Å²) in [7, 11) is -0.905. The maximum absolute atomic E-state index is 13.0. The molecule has 2 heterocycles. The Morgan fingerprint density at radius 1 is 1.17 bits per heavy atom. The topological polar surface area (TPSA) is 92.0 Å². The van der Waals surface area contributed by atoms with E-state index in [1.807, 2.05) is 12.1 Å². The summed E-state index contributed by atoms with van der Waals surface area (Å²) < 4.78 is 17.4. The molecule has 3 rings (SSSR count). The number of ether oxygens (including phenoxy) is 2. The number of hydrogen-bond acceptors (Lipinski definition) is 6. The fourth-order valence-corrected chi connectivity index (χ4v) is 4.82. The lowest BCUT2D eigenvalue weighted by Gasteiger charge is -2.35. The van der Waals surface area contributed by atoms with Crippen LogP contribution in [0, 0.1) is 5.21 Å². The van der Waals surface area contributed by atoms with E-state index in [-0.39, 0.29) is 29.5 Å². The number of methoxy groups -OCH3 is 1. The highest BCUT2D eigenvalue weighted by atomic mass is 28.4. The molecule has 9 heteroatoms. The second-order valence-electron chi connectivity index (χ2n) is 10.5. The predicted octanol–water partition coefficient (Wildman–Crippen LogP) is 4.83. The van der Waals surface area contributed by atoms with Gasteiger partial charge in [0.15, 0.2) is 6.20 Å². The maximum atomic E-state index is 13.0. The first-order valence-electron chi connectivity index (χ1n) is 11.9. The first kappa shape index (κ1) is 26.5. The van der Waals surface area contributed by atoms with Crippen LogP contribution < -0.4 is 9.16 Å². The standard InChI is InChI=1S/C26H36N2O6Si/c1-26(2,3)35(5,6)34-23-21(9-7-16-28(23)31)18-33-25(30)27-15-8-10-22(27)17-19-11-13-20(14-12-19)24(29)32-4/h7,9,11-14,16,22H,8,10,15,17-18H2,1-6H3/t22-/m0/s1. The molecule has 1 amide bonds. The Bertz CT molecular complexity index is 1050. The van der Waals surface area contributed by atoms with Crippen LogP contribution in [-0.2, 0) is 22.5 Å². The summed E-state index contributed by atoms with van der Waals surface area (Å²) >= 11 is 0. The minimum absolute atomic E-state index is 0.00893. The van der Waals surface area contributed by atoms with Crippen LogP contribution in [0.25, 0.3) is 0 Å². The first-order valence-corrected chi connectivity index (χ1v) is 14.8. The number of hydrogen-bond donors (Lipinski definition) is 0. The van der Waals surface area contributed by atoms with E-state index in [1.165, 1.54) is 13.3 Å². The Morgan fingerprint density at radius 3 is 2.49 bits per heavy atom. The zero-order valence-corrected chi connectivity index (χ0v) is 22.5. The average molecular weight is 501 g/mol. The lowest BCUT2D eigenvalue weighted by atomic mass is 10.0.